The van der Waals surface area contributed by atoms with Crippen LogP contribution in [0.4, 0.5) is 15.8 Å². The van der Waals surface area contributed by atoms with E-state index in [0.717, 1.165) is 22.4 Å². The van der Waals surface area contributed by atoms with Gasteiger partial charge in [0.1, 0.15) is 5.82 Å². The second kappa shape index (κ2) is 10.9. The Hall–Kier alpha value is -3.74. The Morgan fingerprint density at radius 1 is 1.13 bits per heavy atom. The first-order valence-corrected chi connectivity index (χ1v) is 9.82. The van der Waals surface area contributed by atoms with Gasteiger partial charge in [0.05, 0.1) is 11.4 Å². The summed E-state index contributed by atoms with van der Waals surface area (Å²) in [6.07, 6.45) is 5.15. The highest BCUT2D eigenvalue weighted by atomic mass is 19.1. The molecule has 0 saturated heterocycles. The second-order valence-corrected chi connectivity index (χ2v) is 6.95. The Kier molecular flexibility index (Phi) is 8.25. The zero-order chi connectivity index (χ0) is 23.0. The molecule has 0 unspecified atom stereocenters. The first-order valence-electron chi connectivity index (χ1n) is 9.82. The molecule has 7 heteroatoms. The van der Waals surface area contributed by atoms with Crippen LogP contribution < -0.4 is 16.4 Å². The van der Waals surface area contributed by atoms with E-state index < -0.39 is 5.91 Å². The van der Waals surface area contributed by atoms with Crippen molar-refractivity contribution in [1.82, 2.24) is 0 Å². The van der Waals surface area contributed by atoms with Gasteiger partial charge in [0.25, 0.3) is 0 Å². The molecule has 0 aliphatic heterocycles. The largest absolute Gasteiger partial charge is 0.386 e. The van der Waals surface area contributed by atoms with Crippen molar-refractivity contribution in [1.29, 1.82) is 0 Å². The molecule has 4 N–H and O–H groups in total. The number of hydrogen-bond donors (Lipinski definition) is 3. The maximum Gasteiger partial charge on any atom is 0.248 e. The van der Waals surface area contributed by atoms with E-state index in [1.807, 2.05) is 45.9 Å². The zero-order valence-corrected chi connectivity index (χ0v) is 18.5. The quantitative estimate of drug-likeness (QED) is 0.427. The van der Waals surface area contributed by atoms with Crippen LogP contribution >= 0.6 is 0 Å². The number of primary amides is 1. The molecule has 162 valence electrons. The number of carbonyl (C=O) groups is 1. The molecule has 6 nitrogen and oxygen atoms in total. The van der Waals surface area contributed by atoms with E-state index in [0.29, 0.717) is 22.8 Å². The molecule has 0 saturated carbocycles. The Bertz CT molecular complexity index is 1080. The van der Waals surface area contributed by atoms with Crippen LogP contribution in [0.1, 0.15) is 42.3 Å². The molecular formula is C24H28FN5O. The molecule has 2 rings (SSSR count). The van der Waals surface area contributed by atoms with E-state index in [-0.39, 0.29) is 5.82 Å². The summed E-state index contributed by atoms with van der Waals surface area (Å²) in [5, 5.41) is 6.03. The molecule has 0 aromatic heterocycles. The fourth-order valence-corrected chi connectivity index (χ4v) is 2.81. The van der Waals surface area contributed by atoms with Gasteiger partial charge in [0, 0.05) is 30.7 Å². The number of halogens is 1. The van der Waals surface area contributed by atoms with Crippen molar-refractivity contribution in [3.05, 3.63) is 77.4 Å². The lowest BCUT2D eigenvalue weighted by atomic mass is 10.1. The van der Waals surface area contributed by atoms with Crippen LogP contribution in [0, 0.1) is 12.7 Å². The Balaban J connectivity index is 2.30. The van der Waals surface area contributed by atoms with Crippen molar-refractivity contribution in [2.75, 3.05) is 17.7 Å². The number of nitrogens with two attached hydrogens (primary N) is 1. The van der Waals surface area contributed by atoms with Crippen LogP contribution in [0.25, 0.3) is 5.57 Å². The van der Waals surface area contributed by atoms with Gasteiger partial charge < -0.3 is 16.4 Å². The third-order valence-electron chi connectivity index (χ3n) is 4.60. The third kappa shape index (κ3) is 6.37. The molecule has 0 bridgehead atoms. The highest BCUT2D eigenvalue weighted by Crippen LogP contribution is 2.21. The zero-order valence-electron chi connectivity index (χ0n) is 18.5. The van der Waals surface area contributed by atoms with E-state index in [1.54, 1.807) is 37.6 Å². The van der Waals surface area contributed by atoms with Crippen molar-refractivity contribution in [2.24, 2.45) is 15.7 Å². The van der Waals surface area contributed by atoms with Crippen LogP contribution in [-0.4, -0.2) is 24.5 Å². The summed E-state index contributed by atoms with van der Waals surface area (Å²) in [5.74, 6) is -0.241. The highest BCUT2D eigenvalue weighted by Gasteiger charge is 2.09. The summed E-state index contributed by atoms with van der Waals surface area (Å²) in [7, 11) is 1.68. The SMILES string of the molecule is C/C=C\N=C(Nc1ccc(C(N)=O)c(C)c1)C(C)=N/C=C(\C)c1ccc(NC)c(F)c1. The predicted octanol–water partition coefficient (Wildman–Crippen LogP) is 5.14. The number of rotatable bonds is 7. The molecule has 0 heterocycles. The van der Waals surface area contributed by atoms with Crippen molar-refractivity contribution >= 4 is 34.4 Å². The maximum absolute atomic E-state index is 14.0. The molecular weight excluding hydrogens is 393 g/mol. The van der Waals surface area contributed by atoms with Crippen LogP contribution in [0.2, 0.25) is 0 Å². The second-order valence-electron chi connectivity index (χ2n) is 6.95. The topological polar surface area (TPSA) is 91.9 Å². The normalized spacial score (nSPS) is 12.9. The summed E-state index contributed by atoms with van der Waals surface area (Å²) in [6, 6.07) is 10.3. The third-order valence-corrected chi connectivity index (χ3v) is 4.60. The van der Waals surface area contributed by atoms with Crippen molar-refractivity contribution in [3.63, 3.8) is 0 Å². The molecule has 2 aromatic rings. The number of nitrogens with zero attached hydrogens (tertiary/aromatic N) is 2. The lowest BCUT2D eigenvalue weighted by molar-refractivity contribution is 0.0999. The number of benzene rings is 2. The Morgan fingerprint density at radius 3 is 2.45 bits per heavy atom. The van der Waals surface area contributed by atoms with Crippen molar-refractivity contribution < 1.29 is 9.18 Å². The minimum absolute atomic E-state index is 0.319. The summed E-state index contributed by atoms with van der Waals surface area (Å²) in [5.41, 5.74) is 10.0. The maximum atomic E-state index is 14.0. The van der Waals surface area contributed by atoms with Crippen LogP contribution in [0.5, 0.6) is 0 Å². The average Bonchev–Trinajstić information content (AvgIpc) is 2.74. The Morgan fingerprint density at radius 2 is 1.87 bits per heavy atom. The number of nitrogens with one attached hydrogen (secondary N) is 2. The van der Waals surface area contributed by atoms with Gasteiger partial charge in [-0.05, 0) is 74.7 Å². The predicted molar refractivity (Wildman–Crippen MR) is 128 cm³/mol. The molecule has 31 heavy (non-hydrogen) atoms. The molecule has 0 spiro atoms. The monoisotopic (exact) mass is 421 g/mol. The van der Waals surface area contributed by atoms with Crippen LogP contribution in [0.15, 0.2) is 64.9 Å². The first kappa shape index (κ1) is 23.5. The molecule has 0 radical (unpaired) electrons. The van der Waals surface area contributed by atoms with Gasteiger partial charge in [-0.1, -0.05) is 12.1 Å². The summed E-state index contributed by atoms with van der Waals surface area (Å²) >= 11 is 0. The lowest BCUT2D eigenvalue weighted by Gasteiger charge is -2.11. The number of aliphatic imine (C=N–C) groups is 2. The molecule has 0 atom stereocenters. The average molecular weight is 422 g/mol. The van der Waals surface area contributed by atoms with Crippen LogP contribution in [-0.2, 0) is 0 Å². The van der Waals surface area contributed by atoms with Crippen molar-refractivity contribution in [3.8, 4) is 0 Å². The van der Waals surface area contributed by atoms with E-state index in [2.05, 4.69) is 20.6 Å². The number of hydrogen-bond acceptors (Lipinski definition) is 4. The lowest BCUT2D eigenvalue weighted by Crippen LogP contribution is -2.21. The smallest absolute Gasteiger partial charge is 0.248 e. The summed E-state index contributed by atoms with van der Waals surface area (Å²) in [6.45, 7) is 7.38. The van der Waals surface area contributed by atoms with E-state index in [9.17, 15) is 9.18 Å². The molecule has 0 aliphatic carbocycles. The minimum atomic E-state index is -0.468. The fourth-order valence-electron chi connectivity index (χ4n) is 2.81. The van der Waals surface area contributed by atoms with Crippen molar-refractivity contribution in [2.45, 2.75) is 27.7 Å². The Labute approximate surface area is 182 Å². The van der Waals surface area contributed by atoms with Gasteiger partial charge in [0.15, 0.2) is 5.84 Å². The summed E-state index contributed by atoms with van der Waals surface area (Å²) < 4.78 is 14.0. The number of anilines is 2. The highest BCUT2D eigenvalue weighted by molar-refractivity contribution is 6.45. The van der Waals surface area contributed by atoms with Gasteiger partial charge in [-0.2, -0.15) is 0 Å². The van der Waals surface area contributed by atoms with Gasteiger partial charge in [-0.25, -0.2) is 9.38 Å². The van der Waals surface area contributed by atoms with Gasteiger partial charge in [0.2, 0.25) is 5.91 Å². The number of aryl methyl sites for hydroxylation is 1. The standard InChI is InChI=1S/C24H28FN5O/c1-6-11-28-24(30-19-8-9-20(23(26)31)15(2)12-19)17(4)29-14-16(3)18-7-10-22(27-5)21(25)13-18/h6-14,27H,1-5H3,(H2,26,31)(H,28,30)/b11-6-,16-14+,29-17?. The molecule has 0 aliphatic rings. The number of amides is 1. The van der Waals surface area contributed by atoms with Gasteiger partial charge in [-0.15, -0.1) is 0 Å². The van der Waals surface area contributed by atoms with E-state index in [4.69, 9.17) is 5.73 Å². The van der Waals surface area contributed by atoms with E-state index in [1.165, 1.54) is 6.07 Å². The van der Waals surface area contributed by atoms with E-state index >= 15 is 0 Å². The molecule has 0 fully saturated rings. The number of amidine groups is 1. The minimum Gasteiger partial charge on any atom is -0.386 e. The van der Waals surface area contributed by atoms with Gasteiger partial charge >= 0.3 is 0 Å². The number of carbonyl (C=O) groups excluding carboxylic acids is 1. The first-order chi connectivity index (χ1) is 14.8. The molecule has 2 aromatic carbocycles. The fraction of sp³-hybridized carbons (Fsp3) is 0.208. The molecule has 1 amide bonds. The van der Waals surface area contributed by atoms with Crippen LogP contribution in [0.3, 0.4) is 0 Å². The van der Waals surface area contributed by atoms with Gasteiger partial charge in [-0.3, -0.25) is 9.79 Å². The number of allylic oxidation sites excluding steroid dienone is 2. The summed E-state index contributed by atoms with van der Waals surface area (Å²) in [4.78, 5) is 20.4.